The van der Waals surface area contributed by atoms with Gasteiger partial charge in [-0.3, -0.25) is 10.1 Å². The van der Waals surface area contributed by atoms with E-state index in [1.165, 1.54) is 6.07 Å². The van der Waals surface area contributed by atoms with Crippen LogP contribution in [0.4, 0.5) is 5.69 Å². The number of amides is 1. The predicted octanol–water partition coefficient (Wildman–Crippen LogP) is 5.25. The van der Waals surface area contributed by atoms with E-state index in [0.29, 0.717) is 28.3 Å². The number of anilines is 1. The van der Waals surface area contributed by atoms with Crippen molar-refractivity contribution in [1.82, 2.24) is 10.3 Å². The molecule has 0 saturated heterocycles. The first kappa shape index (κ1) is 20.6. The van der Waals surface area contributed by atoms with E-state index in [0.717, 1.165) is 22.2 Å². The molecular formula is C24H21N3O3S. The number of hydrogen-bond donors (Lipinski definition) is 3. The summed E-state index contributed by atoms with van der Waals surface area (Å²) in [5.41, 5.74) is 5.97. The second kappa shape index (κ2) is 8.20. The van der Waals surface area contributed by atoms with Crippen molar-refractivity contribution >= 4 is 40.0 Å². The van der Waals surface area contributed by atoms with Gasteiger partial charge in [-0.1, -0.05) is 23.8 Å². The zero-order valence-electron chi connectivity index (χ0n) is 17.3. The molecule has 0 aliphatic rings. The Morgan fingerprint density at radius 1 is 1.03 bits per heavy atom. The minimum Gasteiger partial charge on any atom is -0.507 e. The van der Waals surface area contributed by atoms with Crippen molar-refractivity contribution < 1.29 is 14.3 Å². The zero-order chi connectivity index (χ0) is 22.1. The highest BCUT2D eigenvalue weighted by atomic mass is 32.1. The van der Waals surface area contributed by atoms with Gasteiger partial charge in [0, 0.05) is 11.3 Å². The van der Waals surface area contributed by atoms with Crippen LogP contribution in [0.5, 0.6) is 5.75 Å². The fraction of sp³-hybridized carbons (Fsp3) is 0.125. The summed E-state index contributed by atoms with van der Waals surface area (Å²) in [6.45, 7) is 5.87. The topological polar surface area (TPSA) is 87.4 Å². The quantitative estimate of drug-likeness (QED) is 0.303. The highest BCUT2D eigenvalue weighted by molar-refractivity contribution is 7.80. The first-order chi connectivity index (χ1) is 14.8. The Morgan fingerprint density at radius 3 is 2.61 bits per heavy atom. The molecule has 1 aromatic heterocycles. The molecule has 7 heteroatoms. The second-order valence-corrected chi connectivity index (χ2v) is 7.87. The Kier molecular flexibility index (Phi) is 5.44. The minimum atomic E-state index is -0.301. The van der Waals surface area contributed by atoms with Crippen molar-refractivity contribution in [2.45, 2.75) is 20.8 Å². The predicted molar refractivity (Wildman–Crippen MR) is 125 cm³/mol. The fourth-order valence-electron chi connectivity index (χ4n) is 3.40. The summed E-state index contributed by atoms with van der Waals surface area (Å²) >= 11 is 5.28. The number of benzene rings is 3. The normalized spacial score (nSPS) is 10.8. The number of thiocarbonyl (C=S) groups is 1. The van der Waals surface area contributed by atoms with Gasteiger partial charge in [0.25, 0.3) is 5.91 Å². The molecule has 4 rings (SSSR count). The van der Waals surface area contributed by atoms with E-state index in [1.807, 2.05) is 45.0 Å². The molecule has 4 aromatic rings. The summed E-state index contributed by atoms with van der Waals surface area (Å²) in [4.78, 5) is 16.9. The second-order valence-electron chi connectivity index (χ2n) is 7.46. The maximum Gasteiger partial charge on any atom is 0.257 e. The van der Waals surface area contributed by atoms with E-state index < -0.39 is 0 Å². The molecule has 3 aromatic carbocycles. The molecule has 0 spiro atoms. The summed E-state index contributed by atoms with van der Waals surface area (Å²) in [5.74, 6) is 0.0331. The SMILES string of the molecule is Cc1cccc(C(=O)NC(=S)Nc2ccc(O)c(-c3nc4cc(C)cc(C)c4o3)c2)c1. The molecule has 0 unspecified atom stereocenters. The van der Waals surface area contributed by atoms with Crippen LogP contribution in [-0.4, -0.2) is 21.1 Å². The molecule has 0 radical (unpaired) electrons. The smallest absolute Gasteiger partial charge is 0.257 e. The van der Waals surface area contributed by atoms with Crippen LogP contribution in [0.1, 0.15) is 27.0 Å². The van der Waals surface area contributed by atoms with E-state index in [1.54, 1.807) is 24.3 Å². The third kappa shape index (κ3) is 4.41. The largest absolute Gasteiger partial charge is 0.507 e. The maximum atomic E-state index is 12.4. The van der Waals surface area contributed by atoms with Crippen LogP contribution in [0.25, 0.3) is 22.6 Å². The van der Waals surface area contributed by atoms with E-state index in [4.69, 9.17) is 16.6 Å². The number of nitrogens with zero attached hydrogens (tertiary/aromatic N) is 1. The number of aromatic nitrogens is 1. The van der Waals surface area contributed by atoms with Crippen LogP contribution in [-0.2, 0) is 0 Å². The number of hydrogen-bond acceptors (Lipinski definition) is 5. The minimum absolute atomic E-state index is 0.0289. The summed E-state index contributed by atoms with van der Waals surface area (Å²) in [6, 6.07) is 16.0. The number of fused-ring (bicyclic) bond motifs is 1. The molecule has 156 valence electrons. The standard InChI is InChI=1S/C24H21N3O3S/c1-13-5-4-6-16(10-13)22(29)27-24(31)25-17-7-8-20(28)18(12-17)23-26-19-11-14(2)9-15(3)21(19)30-23/h4-12,28H,1-3H3,(H2,25,27,29,31). The van der Waals surface area contributed by atoms with Gasteiger partial charge in [-0.25, -0.2) is 4.98 Å². The Bertz CT molecular complexity index is 1330. The Balaban J connectivity index is 1.56. The molecule has 1 heterocycles. The number of rotatable bonds is 3. The summed E-state index contributed by atoms with van der Waals surface area (Å²) in [7, 11) is 0. The van der Waals surface area contributed by atoms with Crippen LogP contribution in [0.15, 0.2) is 59.0 Å². The monoisotopic (exact) mass is 431 g/mol. The van der Waals surface area contributed by atoms with Gasteiger partial charge in [0.1, 0.15) is 11.3 Å². The third-order valence-electron chi connectivity index (χ3n) is 4.81. The highest BCUT2D eigenvalue weighted by Crippen LogP contribution is 2.34. The Morgan fingerprint density at radius 2 is 1.84 bits per heavy atom. The van der Waals surface area contributed by atoms with E-state index >= 15 is 0 Å². The van der Waals surface area contributed by atoms with E-state index in [9.17, 15) is 9.90 Å². The number of nitrogens with one attached hydrogen (secondary N) is 2. The van der Waals surface area contributed by atoms with Crippen LogP contribution in [0, 0.1) is 20.8 Å². The van der Waals surface area contributed by atoms with E-state index in [2.05, 4.69) is 15.6 Å². The lowest BCUT2D eigenvalue weighted by atomic mass is 10.1. The van der Waals surface area contributed by atoms with Gasteiger partial charge in [0.05, 0.1) is 5.56 Å². The highest BCUT2D eigenvalue weighted by Gasteiger charge is 2.15. The molecule has 3 N–H and O–H groups in total. The van der Waals surface area contributed by atoms with Crippen molar-refractivity contribution in [1.29, 1.82) is 0 Å². The molecule has 31 heavy (non-hydrogen) atoms. The molecule has 1 amide bonds. The molecule has 0 atom stereocenters. The summed E-state index contributed by atoms with van der Waals surface area (Å²) in [5, 5.41) is 16.1. The van der Waals surface area contributed by atoms with Crippen molar-refractivity contribution in [2.75, 3.05) is 5.32 Å². The number of carbonyl (C=O) groups excluding carboxylic acids is 1. The van der Waals surface area contributed by atoms with Crippen LogP contribution >= 0.6 is 12.2 Å². The summed E-state index contributed by atoms with van der Waals surface area (Å²) in [6.07, 6.45) is 0. The van der Waals surface area contributed by atoms with Gasteiger partial charge in [-0.2, -0.15) is 0 Å². The first-order valence-corrected chi connectivity index (χ1v) is 10.1. The van der Waals surface area contributed by atoms with Crippen LogP contribution < -0.4 is 10.6 Å². The molecule has 0 saturated carbocycles. The number of phenols is 1. The van der Waals surface area contributed by atoms with Crippen LogP contribution in [0.2, 0.25) is 0 Å². The maximum absolute atomic E-state index is 12.4. The lowest BCUT2D eigenvalue weighted by Crippen LogP contribution is -2.34. The van der Waals surface area contributed by atoms with Crippen molar-refractivity contribution in [2.24, 2.45) is 0 Å². The average molecular weight is 432 g/mol. The lowest BCUT2D eigenvalue weighted by Gasteiger charge is -2.11. The summed E-state index contributed by atoms with van der Waals surface area (Å²) < 4.78 is 5.91. The van der Waals surface area contributed by atoms with Gasteiger partial charge in [-0.05, 0) is 80.5 Å². The molecule has 0 aliphatic carbocycles. The molecular weight excluding hydrogens is 410 g/mol. The van der Waals surface area contributed by atoms with Crippen LogP contribution in [0.3, 0.4) is 0 Å². The first-order valence-electron chi connectivity index (χ1n) is 9.70. The van der Waals surface area contributed by atoms with E-state index in [-0.39, 0.29) is 16.8 Å². The fourth-order valence-corrected chi connectivity index (χ4v) is 3.61. The van der Waals surface area contributed by atoms with Gasteiger partial charge in [0.2, 0.25) is 5.89 Å². The Hall–Kier alpha value is -3.71. The van der Waals surface area contributed by atoms with Gasteiger partial charge >= 0.3 is 0 Å². The van der Waals surface area contributed by atoms with Gasteiger partial charge < -0.3 is 14.8 Å². The number of carbonyl (C=O) groups is 1. The lowest BCUT2D eigenvalue weighted by molar-refractivity contribution is 0.0977. The number of aromatic hydroxyl groups is 1. The third-order valence-corrected chi connectivity index (χ3v) is 5.02. The number of oxazole rings is 1. The Labute approximate surface area is 184 Å². The number of aryl methyl sites for hydroxylation is 3. The van der Waals surface area contributed by atoms with Crippen molar-refractivity contribution in [3.63, 3.8) is 0 Å². The average Bonchev–Trinajstić information content (AvgIpc) is 3.13. The van der Waals surface area contributed by atoms with Gasteiger partial charge in [-0.15, -0.1) is 0 Å². The molecule has 0 bridgehead atoms. The van der Waals surface area contributed by atoms with Crippen molar-refractivity contribution in [3.05, 3.63) is 76.9 Å². The number of phenolic OH excluding ortho intramolecular Hbond substituents is 1. The molecule has 0 fully saturated rings. The van der Waals surface area contributed by atoms with Crippen molar-refractivity contribution in [3.8, 4) is 17.2 Å². The van der Waals surface area contributed by atoms with Gasteiger partial charge in [0.15, 0.2) is 10.7 Å². The molecule has 6 nitrogen and oxygen atoms in total. The zero-order valence-corrected chi connectivity index (χ0v) is 18.1. The molecule has 0 aliphatic heterocycles.